The molecule has 0 amide bonds. The summed E-state index contributed by atoms with van der Waals surface area (Å²) in [7, 11) is -10.0. The van der Waals surface area contributed by atoms with Gasteiger partial charge in [0, 0.05) is 25.7 Å². The number of phosphoric ester groups is 2. The van der Waals surface area contributed by atoms with E-state index in [0.29, 0.717) is 38.5 Å². The van der Waals surface area contributed by atoms with Crippen LogP contribution in [-0.2, 0) is 65.4 Å². The van der Waals surface area contributed by atoms with Crippen LogP contribution in [0.1, 0.15) is 310 Å². The molecule has 0 aromatic carbocycles. The van der Waals surface area contributed by atoms with Crippen molar-refractivity contribution in [2.75, 3.05) is 39.6 Å². The van der Waals surface area contributed by atoms with Gasteiger partial charge in [0.05, 0.1) is 26.4 Å². The molecule has 2 unspecified atom stereocenters. The van der Waals surface area contributed by atoms with Gasteiger partial charge in [0.15, 0.2) is 12.2 Å². The number of phosphoric acid groups is 2. The Morgan fingerprint density at radius 1 is 0.274 bits per heavy atom. The van der Waals surface area contributed by atoms with Crippen LogP contribution in [0, 0.1) is 0 Å². The molecule has 0 fully saturated rings. The molecule has 0 saturated heterocycles. The molecule has 0 heterocycles. The summed E-state index contributed by atoms with van der Waals surface area (Å²) < 4.78 is 68.5. The van der Waals surface area contributed by atoms with E-state index in [1.807, 2.05) is 36.5 Å². The third-order valence-corrected chi connectivity index (χ3v) is 18.4. The molecule has 0 spiro atoms. The zero-order valence-corrected chi connectivity index (χ0v) is 67.8. The van der Waals surface area contributed by atoms with Crippen LogP contribution >= 0.6 is 15.6 Å². The lowest BCUT2D eigenvalue weighted by Gasteiger charge is -2.21. The molecule has 5 atom stereocenters. The fourth-order valence-electron chi connectivity index (χ4n) is 10.4. The number of unbranched alkanes of at least 4 members (excludes halogenated alkanes) is 23. The highest BCUT2D eigenvalue weighted by molar-refractivity contribution is 7.47. The quantitative estimate of drug-likeness (QED) is 0.0169. The van der Waals surface area contributed by atoms with Crippen LogP contribution in [0.25, 0.3) is 0 Å². The number of hydrogen-bond donors (Lipinski definition) is 3. The van der Waals surface area contributed by atoms with Gasteiger partial charge in [-0.3, -0.25) is 37.3 Å². The van der Waals surface area contributed by atoms with Crippen molar-refractivity contribution in [3.63, 3.8) is 0 Å². The Morgan fingerprint density at radius 2 is 0.509 bits per heavy atom. The zero-order chi connectivity index (χ0) is 77.4. The van der Waals surface area contributed by atoms with E-state index in [1.165, 1.54) is 89.9 Å². The lowest BCUT2D eigenvalue weighted by Crippen LogP contribution is -2.30. The monoisotopic (exact) mass is 1520 g/mol. The third kappa shape index (κ3) is 76.9. The van der Waals surface area contributed by atoms with Crippen LogP contribution in [0.4, 0.5) is 0 Å². The van der Waals surface area contributed by atoms with Gasteiger partial charge in [0.1, 0.15) is 19.3 Å². The highest BCUT2D eigenvalue weighted by Gasteiger charge is 2.30. The Kier molecular flexibility index (Phi) is 73.9. The Hall–Kier alpha value is -5.32. The fraction of sp³-hybridized carbons (Fsp3) is 0.655. The van der Waals surface area contributed by atoms with Crippen molar-refractivity contribution in [2.24, 2.45) is 0 Å². The highest BCUT2D eigenvalue weighted by atomic mass is 31.2. The summed E-state index contributed by atoms with van der Waals surface area (Å²) in [6, 6.07) is 0. The second-order valence-corrected chi connectivity index (χ2v) is 29.5. The van der Waals surface area contributed by atoms with Gasteiger partial charge in [-0.2, -0.15) is 0 Å². The van der Waals surface area contributed by atoms with Crippen molar-refractivity contribution in [1.82, 2.24) is 0 Å². The van der Waals surface area contributed by atoms with E-state index in [-0.39, 0.29) is 25.7 Å². The van der Waals surface area contributed by atoms with Crippen LogP contribution in [-0.4, -0.2) is 96.7 Å². The standard InChI is InChI=1S/C87H144O17P2/c1-5-9-13-17-21-25-29-33-36-38-40-42-45-48-51-55-59-63-67-71-84(89)97-77-82(103-86(91)73-69-65-61-57-53-47-32-28-24-20-16-12-8-4)79-101-105(93,94)99-75-81(88)76-100-106(95,96)102-80-83(104-87(92)74-70-66-62-58-54-50-44-35-31-27-23-19-15-11-7-3)78-98-85(90)72-68-64-60-56-52-49-46-43-41-39-37-34-30-26-22-18-14-10-6-2/h9-10,13-14,21-22,25-26,33-37,40-44,48-49,51-52,59-60,63-64,81-83,88H,5-8,11-12,15-20,23-24,27-32,38-39,45-47,50,53-58,61-62,65-80H2,1-4H3,(H,93,94)(H,95,96)/b13-9-,14-10-,25-21-,26-22-,36-33-,37-34-,42-40-,43-41-,44-35-,51-48-,52-49-,63-59-,64-60-/t81-,82+,83+/m0/s1. The maximum Gasteiger partial charge on any atom is 0.472 e. The average molecular weight is 1520 g/mol. The van der Waals surface area contributed by atoms with Crippen LogP contribution in [0.5, 0.6) is 0 Å². The topological polar surface area (TPSA) is 237 Å². The lowest BCUT2D eigenvalue weighted by molar-refractivity contribution is -0.161. The second-order valence-electron chi connectivity index (χ2n) is 26.6. The number of carbonyl (C=O) groups is 4. The molecule has 0 rings (SSSR count). The van der Waals surface area contributed by atoms with Gasteiger partial charge >= 0.3 is 39.5 Å². The Balaban J connectivity index is 5.48. The predicted octanol–water partition coefficient (Wildman–Crippen LogP) is 24.0. The molecule has 0 aliphatic carbocycles. The van der Waals surface area contributed by atoms with Gasteiger partial charge in [-0.1, -0.05) is 314 Å². The van der Waals surface area contributed by atoms with Crippen molar-refractivity contribution in [3.05, 3.63) is 158 Å². The first-order valence-corrected chi connectivity index (χ1v) is 43.7. The second kappa shape index (κ2) is 77.8. The van der Waals surface area contributed by atoms with E-state index >= 15 is 0 Å². The summed E-state index contributed by atoms with van der Waals surface area (Å²) in [5.74, 6) is -2.38. The van der Waals surface area contributed by atoms with Gasteiger partial charge in [0.2, 0.25) is 0 Å². The molecule has 0 aromatic rings. The first-order valence-electron chi connectivity index (χ1n) is 40.7. The van der Waals surface area contributed by atoms with E-state index in [9.17, 15) is 43.2 Å². The van der Waals surface area contributed by atoms with E-state index < -0.39 is 97.5 Å². The minimum atomic E-state index is -5.01. The van der Waals surface area contributed by atoms with Crippen LogP contribution in [0.15, 0.2) is 158 Å². The molecule has 0 saturated carbocycles. The SMILES string of the molecule is CC/C=C\C/C=C\C/C=C\C/C=C\C/C=C\C/C=C\CCC(=O)OC[C@H](COP(=O)(O)OC[C@@H](O)COP(=O)(O)OC[C@@H](COC(=O)CC/C=C\C/C=C\C/C=C\C/C=C\C/C=C\C/C=C\CC)OC(=O)CCCCCCCCCCCCCCC)OC(=O)CCCCCCC/C=C\CCCCCCCC. The van der Waals surface area contributed by atoms with Crippen LogP contribution in [0.2, 0.25) is 0 Å². The molecule has 0 bridgehead atoms. The molecule has 3 N–H and O–H groups in total. The van der Waals surface area contributed by atoms with Crippen molar-refractivity contribution in [3.8, 4) is 0 Å². The number of aliphatic hydroxyl groups is 1. The molecular formula is C87H144O17P2. The Morgan fingerprint density at radius 3 is 0.792 bits per heavy atom. The molecule has 0 aromatic heterocycles. The van der Waals surface area contributed by atoms with Crippen molar-refractivity contribution in [1.29, 1.82) is 0 Å². The number of ether oxygens (including phenoxy) is 4. The highest BCUT2D eigenvalue weighted by Crippen LogP contribution is 2.45. The largest absolute Gasteiger partial charge is 0.472 e. The minimum absolute atomic E-state index is 0.0296. The minimum Gasteiger partial charge on any atom is -0.462 e. The van der Waals surface area contributed by atoms with Gasteiger partial charge in [-0.05, 0) is 128 Å². The van der Waals surface area contributed by atoms with Gasteiger partial charge in [-0.25, -0.2) is 9.13 Å². The lowest BCUT2D eigenvalue weighted by atomic mass is 10.0. The van der Waals surface area contributed by atoms with Gasteiger partial charge < -0.3 is 33.8 Å². The molecule has 0 aliphatic heterocycles. The summed E-state index contributed by atoms with van der Waals surface area (Å²) in [6.45, 7) is 4.47. The summed E-state index contributed by atoms with van der Waals surface area (Å²) >= 11 is 0. The Labute approximate surface area is 642 Å². The summed E-state index contributed by atoms with van der Waals surface area (Å²) in [6.07, 6.45) is 91.1. The maximum absolute atomic E-state index is 13.1. The molecule has 106 heavy (non-hydrogen) atoms. The zero-order valence-electron chi connectivity index (χ0n) is 66.1. The molecule has 0 radical (unpaired) electrons. The number of hydrogen-bond acceptors (Lipinski definition) is 15. The Bertz CT molecular complexity index is 2630. The predicted molar refractivity (Wildman–Crippen MR) is 436 cm³/mol. The average Bonchev–Trinajstić information content (AvgIpc) is 0.933. The molecular weight excluding hydrogens is 1380 g/mol. The normalized spacial score (nSPS) is 14.7. The number of allylic oxidation sites excluding steroid dienone is 26. The fourth-order valence-corrected chi connectivity index (χ4v) is 12.0. The number of esters is 4. The molecule has 19 heteroatoms. The molecule has 0 aliphatic rings. The van der Waals surface area contributed by atoms with Crippen LogP contribution < -0.4 is 0 Å². The third-order valence-electron chi connectivity index (χ3n) is 16.5. The first-order chi connectivity index (χ1) is 51.7. The summed E-state index contributed by atoms with van der Waals surface area (Å²) in [5.41, 5.74) is 0. The van der Waals surface area contributed by atoms with E-state index in [2.05, 4.69) is 149 Å². The number of carbonyl (C=O) groups excluding carboxylic acids is 4. The van der Waals surface area contributed by atoms with E-state index in [4.69, 9.17) is 37.0 Å². The smallest absolute Gasteiger partial charge is 0.462 e. The summed E-state index contributed by atoms with van der Waals surface area (Å²) in [5, 5.41) is 10.6. The molecule has 17 nitrogen and oxygen atoms in total. The first kappa shape index (κ1) is 101. The number of rotatable bonds is 75. The number of aliphatic hydroxyl groups excluding tert-OH is 1. The van der Waals surface area contributed by atoms with E-state index in [0.717, 1.165) is 128 Å². The summed E-state index contributed by atoms with van der Waals surface area (Å²) in [4.78, 5) is 73.0. The van der Waals surface area contributed by atoms with Crippen molar-refractivity contribution < 1.29 is 80.2 Å². The van der Waals surface area contributed by atoms with Gasteiger partial charge in [-0.15, -0.1) is 0 Å². The van der Waals surface area contributed by atoms with E-state index in [1.54, 1.807) is 0 Å². The van der Waals surface area contributed by atoms with Crippen LogP contribution in [0.3, 0.4) is 0 Å². The molecule has 604 valence electrons. The van der Waals surface area contributed by atoms with Gasteiger partial charge in [0.25, 0.3) is 0 Å². The van der Waals surface area contributed by atoms with Crippen molar-refractivity contribution >= 4 is 39.5 Å². The maximum atomic E-state index is 13.1. The van der Waals surface area contributed by atoms with Crippen molar-refractivity contribution in [2.45, 2.75) is 329 Å².